The van der Waals surface area contributed by atoms with Crippen molar-refractivity contribution in [3.05, 3.63) is 65.5 Å². The van der Waals surface area contributed by atoms with E-state index in [0.29, 0.717) is 12.1 Å². The largest absolute Gasteiger partial charge is 0.496 e. The van der Waals surface area contributed by atoms with Crippen LogP contribution in [-0.4, -0.2) is 18.8 Å². The van der Waals surface area contributed by atoms with E-state index in [9.17, 15) is 9.50 Å². The molecule has 0 aromatic heterocycles. The third-order valence-corrected chi connectivity index (χ3v) is 3.48. The standard InChI is InChI=1S/C17H20FNO2/c1-12(15-5-3-4-6-17(15)21-2)19-11-16(20)13-7-9-14(18)10-8-13/h3-10,12,16,19-20H,11H2,1-2H3/t12-,16?/m1/s1. The van der Waals surface area contributed by atoms with Crippen LogP contribution in [0.25, 0.3) is 0 Å². The molecule has 2 aromatic carbocycles. The summed E-state index contributed by atoms with van der Waals surface area (Å²) in [6, 6.07) is 13.7. The Morgan fingerprint density at radius 2 is 1.81 bits per heavy atom. The Morgan fingerprint density at radius 3 is 2.48 bits per heavy atom. The highest BCUT2D eigenvalue weighted by Gasteiger charge is 2.13. The zero-order chi connectivity index (χ0) is 15.2. The summed E-state index contributed by atoms with van der Waals surface area (Å²) >= 11 is 0. The van der Waals surface area contributed by atoms with Gasteiger partial charge in [-0.1, -0.05) is 30.3 Å². The van der Waals surface area contributed by atoms with Gasteiger partial charge in [0.05, 0.1) is 13.2 Å². The van der Waals surface area contributed by atoms with Crippen molar-refractivity contribution in [2.24, 2.45) is 0 Å². The van der Waals surface area contributed by atoms with Crippen LogP contribution in [0.5, 0.6) is 5.75 Å². The molecule has 0 bridgehead atoms. The lowest BCUT2D eigenvalue weighted by atomic mass is 10.1. The second kappa shape index (κ2) is 7.20. The molecule has 0 spiro atoms. The minimum Gasteiger partial charge on any atom is -0.496 e. The Morgan fingerprint density at radius 1 is 1.14 bits per heavy atom. The van der Waals surface area contributed by atoms with Crippen molar-refractivity contribution in [2.45, 2.75) is 19.1 Å². The Kier molecular flexibility index (Phi) is 5.31. The highest BCUT2D eigenvalue weighted by molar-refractivity contribution is 5.35. The maximum Gasteiger partial charge on any atom is 0.123 e. The number of para-hydroxylation sites is 1. The van der Waals surface area contributed by atoms with Crippen LogP contribution < -0.4 is 10.1 Å². The number of hydrogen-bond donors (Lipinski definition) is 2. The summed E-state index contributed by atoms with van der Waals surface area (Å²) in [6.45, 7) is 2.39. The first-order valence-corrected chi connectivity index (χ1v) is 6.91. The van der Waals surface area contributed by atoms with Crippen LogP contribution >= 0.6 is 0 Å². The van der Waals surface area contributed by atoms with Gasteiger partial charge in [0.15, 0.2) is 0 Å². The van der Waals surface area contributed by atoms with Gasteiger partial charge in [-0.15, -0.1) is 0 Å². The summed E-state index contributed by atoms with van der Waals surface area (Å²) in [4.78, 5) is 0. The van der Waals surface area contributed by atoms with Crippen molar-refractivity contribution >= 4 is 0 Å². The van der Waals surface area contributed by atoms with Gasteiger partial charge in [0, 0.05) is 18.2 Å². The van der Waals surface area contributed by atoms with E-state index >= 15 is 0 Å². The highest BCUT2D eigenvalue weighted by Crippen LogP contribution is 2.24. The van der Waals surface area contributed by atoms with Crippen molar-refractivity contribution in [3.8, 4) is 5.75 Å². The maximum atomic E-state index is 12.9. The third-order valence-electron chi connectivity index (χ3n) is 3.48. The fourth-order valence-corrected chi connectivity index (χ4v) is 2.23. The number of hydrogen-bond acceptors (Lipinski definition) is 3. The smallest absolute Gasteiger partial charge is 0.123 e. The van der Waals surface area contributed by atoms with E-state index in [4.69, 9.17) is 4.74 Å². The summed E-state index contributed by atoms with van der Waals surface area (Å²) in [7, 11) is 1.64. The van der Waals surface area contributed by atoms with Gasteiger partial charge in [-0.05, 0) is 30.7 Å². The Bertz CT molecular complexity index is 571. The van der Waals surface area contributed by atoms with Crippen LogP contribution in [0, 0.1) is 5.82 Å². The molecule has 112 valence electrons. The molecule has 0 aliphatic rings. The van der Waals surface area contributed by atoms with Crippen LogP contribution in [-0.2, 0) is 0 Å². The lowest BCUT2D eigenvalue weighted by molar-refractivity contribution is 0.170. The van der Waals surface area contributed by atoms with Gasteiger partial charge in [-0.2, -0.15) is 0 Å². The fourth-order valence-electron chi connectivity index (χ4n) is 2.23. The monoisotopic (exact) mass is 289 g/mol. The molecule has 21 heavy (non-hydrogen) atoms. The highest BCUT2D eigenvalue weighted by atomic mass is 19.1. The number of aliphatic hydroxyl groups is 1. The quantitative estimate of drug-likeness (QED) is 0.858. The van der Waals surface area contributed by atoms with Gasteiger partial charge < -0.3 is 15.2 Å². The van der Waals surface area contributed by atoms with Crippen molar-refractivity contribution in [3.63, 3.8) is 0 Å². The van der Waals surface area contributed by atoms with Gasteiger partial charge in [-0.25, -0.2) is 4.39 Å². The molecule has 2 rings (SSSR count). The molecule has 0 saturated heterocycles. The van der Waals surface area contributed by atoms with Crippen molar-refractivity contribution < 1.29 is 14.2 Å². The molecule has 2 aromatic rings. The van der Waals surface area contributed by atoms with Crippen LogP contribution in [0.15, 0.2) is 48.5 Å². The summed E-state index contributed by atoms with van der Waals surface area (Å²) in [5, 5.41) is 13.4. The summed E-state index contributed by atoms with van der Waals surface area (Å²) in [5.74, 6) is 0.509. The van der Waals surface area contributed by atoms with Crippen molar-refractivity contribution in [1.82, 2.24) is 5.32 Å². The van der Waals surface area contributed by atoms with Gasteiger partial charge >= 0.3 is 0 Å². The van der Waals surface area contributed by atoms with Crippen molar-refractivity contribution in [2.75, 3.05) is 13.7 Å². The summed E-state index contributed by atoms with van der Waals surface area (Å²) in [5.41, 5.74) is 1.72. The van der Waals surface area contributed by atoms with Gasteiger partial charge in [0.2, 0.25) is 0 Å². The number of halogens is 1. The Balaban J connectivity index is 1.97. The molecule has 1 unspecified atom stereocenters. The summed E-state index contributed by atoms with van der Waals surface area (Å²) < 4.78 is 18.2. The molecule has 2 N–H and O–H groups in total. The normalized spacial score (nSPS) is 13.7. The number of ether oxygens (including phenoxy) is 1. The zero-order valence-electron chi connectivity index (χ0n) is 12.2. The first-order chi connectivity index (χ1) is 10.1. The van der Waals surface area contributed by atoms with E-state index in [1.807, 2.05) is 31.2 Å². The number of rotatable bonds is 6. The lowest BCUT2D eigenvalue weighted by Crippen LogP contribution is -2.25. The second-order valence-electron chi connectivity index (χ2n) is 4.94. The van der Waals surface area contributed by atoms with E-state index < -0.39 is 6.10 Å². The average Bonchev–Trinajstić information content (AvgIpc) is 2.52. The molecule has 0 aliphatic carbocycles. The van der Waals surface area contributed by atoms with Gasteiger partial charge in [-0.3, -0.25) is 0 Å². The van der Waals surface area contributed by atoms with Crippen LogP contribution in [0.4, 0.5) is 4.39 Å². The predicted molar refractivity (Wildman–Crippen MR) is 80.8 cm³/mol. The summed E-state index contributed by atoms with van der Waals surface area (Å²) in [6.07, 6.45) is -0.678. The molecule has 0 aliphatic heterocycles. The van der Waals surface area contributed by atoms with Gasteiger partial charge in [0.25, 0.3) is 0 Å². The van der Waals surface area contributed by atoms with Gasteiger partial charge in [0.1, 0.15) is 11.6 Å². The first-order valence-electron chi connectivity index (χ1n) is 6.91. The van der Waals surface area contributed by atoms with E-state index in [1.165, 1.54) is 12.1 Å². The second-order valence-corrected chi connectivity index (χ2v) is 4.94. The number of nitrogens with one attached hydrogen (secondary N) is 1. The predicted octanol–water partition coefficient (Wildman–Crippen LogP) is 3.22. The van der Waals surface area contributed by atoms with Crippen LogP contribution in [0.1, 0.15) is 30.2 Å². The molecule has 4 heteroatoms. The molecule has 0 saturated carbocycles. The number of benzene rings is 2. The van der Waals surface area contributed by atoms with E-state index in [1.54, 1.807) is 19.2 Å². The zero-order valence-corrected chi connectivity index (χ0v) is 12.2. The molecular weight excluding hydrogens is 269 g/mol. The molecule has 2 atom stereocenters. The van der Waals surface area contributed by atoms with Crippen molar-refractivity contribution in [1.29, 1.82) is 0 Å². The number of methoxy groups -OCH3 is 1. The molecule has 3 nitrogen and oxygen atoms in total. The molecule has 0 radical (unpaired) electrons. The minimum absolute atomic E-state index is 0.0382. The van der Waals surface area contributed by atoms with Crippen LogP contribution in [0.3, 0.4) is 0 Å². The van der Waals surface area contributed by atoms with Crippen LogP contribution in [0.2, 0.25) is 0 Å². The van der Waals surface area contributed by atoms with E-state index in [-0.39, 0.29) is 11.9 Å². The molecular formula is C17H20FNO2. The Labute approximate surface area is 124 Å². The topological polar surface area (TPSA) is 41.5 Å². The SMILES string of the molecule is COc1ccccc1[C@@H](C)NCC(O)c1ccc(F)cc1. The maximum absolute atomic E-state index is 12.9. The molecule has 0 fully saturated rings. The Hall–Kier alpha value is -1.91. The average molecular weight is 289 g/mol. The number of aliphatic hydroxyl groups excluding tert-OH is 1. The molecule has 0 heterocycles. The first kappa shape index (κ1) is 15.5. The molecule has 0 amide bonds. The minimum atomic E-state index is -0.678. The lowest BCUT2D eigenvalue weighted by Gasteiger charge is -2.19. The van der Waals surface area contributed by atoms with E-state index in [0.717, 1.165) is 11.3 Å². The third kappa shape index (κ3) is 4.03. The fraction of sp³-hybridized carbons (Fsp3) is 0.294. The van der Waals surface area contributed by atoms with E-state index in [2.05, 4.69) is 5.32 Å².